The monoisotopic (exact) mass is 221 g/mol. The summed E-state index contributed by atoms with van der Waals surface area (Å²) in [4.78, 5) is 10.9. The van der Waals surface area contributed by atoms with Crippen LogP contribution < -0.4 is 11.3 Å². The molecule has 0 saturated carbocycles. The Morgan fingerprint density at radius 3 is 3.00 bits per heavy atom. The van der Waals surface area contributed by atoms with Crippen molar-refractivity contribution in [1.29, 1.82) is 0 Å². The van der Waals surface area contributed by atoms with Crippen molar-refractivity contribution in [2.45, 2.75) is 26.3 Å². The summed E-state index contributed by atoms with van der Waals surface area (Å²) in [7, 11) is 0. The van der Waals surface area contributed by atoms with Crippen molar-refractivity contribution in [3.05, 3.63) is 18.1 Å². The van der Waals surface area contributed by atoms with Gasteiger partial charge in [0, 0.05) is 13.1 Å². The average molecular weight is 221 g/mol. The molecular weight excluding hydrogens is 202 g/mol. The lowest BCUT2D eigenvalue weighted by Gasteiger charge is -2.30. The van der Waals surface area contributed by atoms with Gasteiger partial charge in [-0.1, -0.05) is 6.92 Å². The van der Waals surface area contributed by atoms with Crippen molar-refractivity contribution < 1.29 is 0 Å². The second-order valence-corrected chi connectivity index (χ2v) is 4.52. The minimum Gasteiger partial charge on any atom is -0.307 e. The lowest BCUT2D eigenvalue weighted by atomic mass is 10.0. The number of nitrogens with zero attached hydrogens (tertiary/aromatic N) is 3. The Hall–Kier alpha value is -1.20. The molecule has 1 unspecified atom stereocenters. The minimum atomic E-state index is 0.607. The van der Waals surface area contributed by atoms with Gasteiger partial charge in [0.05, 0.1) is 18.1 Å². The Morgan fingerprint density at radius 1 is 1.50 bits per heavy atom. The second kappa shape index (κ2) is 5.23. The molecule has 1 aliphatic heterocycles. The molecule has 88 valence electrons. The minimum absolute atomic E-state index is 0.607. The van der Waals surface area contributed by atoms with Gasteiger partial charge in [0.25, 0.3) is 0 Å². The van der Waals surface area contributed by atoms with Gasteiger partial charge < -0.3 is 5.43 Å². The Bertz CT molecular complexity index is 324. The molecule has 1 aliphatic rings. The molecule has 2 heterocycles. The number of piperidine rings is 1. The highest BCUT2D eigenvalue weighted by molar-refractivity contribution is 5.28. The number of rotatable bonds is 3. The van der Waals surface area contributed by atoms with Crippen LogP contribution in [-0.4, -0.2) is 28.0 Å². The molecule has 0 bridgehead atoms. The topological polar surface area (TPSA) is 67.1 Å². The summed E-state index contributed by atoms with van der Waals surface area (Å²) >= 11 is 0. The number of anilines is 1. The van der Waals surface area contributed by atoms with E-state index in [1.807, 2.05) is 0 Å². The van der Waals surface area contributed by atoms with Crippen LogP contribution in [0.4, 0.5) is 5.82 Å². The Balaban J connectivity index is 1.92. The van der Waals surface area contributed by atoms with Gasteiger partial charge in [0.1, 0.15) is 0 Å². The zero-order valence-electron chi connectivity index (χ0n) is 9.69. The van der Waals surface area contributed by atoms with Gasteiger partial charge in [-0.2, -0.15) is 0 Å². The van der Waals surface area contributed by atoms with Gasteiger partial charge >= 0.3 is 0 Å². The molecular formula is C11H19N5. The molecule has 1 aromatic rings. The number of nitrogen functional groups attached to an aromatic ring is 1. The predicted octanol–water partition coefficient (Wildman–Crippen LogP) is 0.994. The highest BCUT2D eigenvalue weighted by Gasteiger charge is 2.16. The van der Waals surface area contributed by atoms with Crippen LogP contribution in [0, 0.1) is 5.92 Å². The van der Waals surface area contributed by atoms with E-state index in [-0.39, 0.29) is 0 Å². The summed E-state index contributed by atoms with van der Waals surface area (Å²) in [5, 5.41) is 0. The largest absolute Gasteiger partial charge is 0.307 e. The smallest absolute Gasteiger partial charge is 0.158 e. The van der Waals surface area contributed by atoms with Crippen molar-refractivity contribution in [2.75, 3.05) is 18.5 Å². The van der Waals surface area contributed by atoms with E-state index in [4.69, 9.17) is 5.84 Å². The molecule has 0 aliphatic carbocycles. The van der Waals surface area contributed by atoms with Crippen LogP contribution in [0.3, 0.4) is 0 Å². The first-order valence-corrected chi connectivity index (χ1v) is 5.78. The van der Waals surface area contributed by atoms with Crippen molar-refractivity contribution in [1.82, 2.24) is 14.9 Å². The second-order valence-electron chi connectivity index (χ2n) is 4.52. The van der Waals surface area contributed by atoms with Crippen LogP contribution in [0.2, 0.25) is 0 Å². The number of nitrogens with two attached hydrogens (primary N) is 1. The van der Waals surface area contributed by atoms with Gasteiger partial charge in [-0.25, -0.2) is 10.8 Å². The van der Waals surface area contributed by atoms with E-state index in [9.17, 15) is 0 Å². The first-order chi connectivity index (χ1) is 7.78. The summed E-state index contributed by atoms with van der Waals surface area (Å²) in [5.74, 6) is 6.64. The standard InChI is InChI=1S/C11H19N5/c1-9-3-2-4-16(7-9)8-10-5-14-11(15-12)6-13-10/h5-6,9H,2-4,7-8,12H2,1H3,(H,14,15). The molecule has 1 fully saturated rings. The maximum absolute atomic E-state index is 5.24. The van der Waals surface area contributed by atoms with Gasteiger partial charge in [-0.15, -0.1) is 0 Å². The number of nitrogens with one attached hydrogen (secondary N) is 1. The fraction of sp³-hybridized carbons (Fsp3) is 0.636. The lowest BCUT2D eigenvalue weighted by Crippen LogP contribution is -2.34. The van der Waals surface area contributed by atoms with E-state index in [2.05, 4.69) is 27.2 Å². The molecule has 16 heavy (non-hydrogen) atoms. The van der Waals surface area contributed by atoms with Gasteiger partial charge in [-0.3, -0.25) is 9.88 Å². The predicted molar refractivity (Wildman–Crippen MR) is 63.5 cm³/mol. The van der Waals surface area contributed by atoms with E-state index in [1.165, 1.54) is 25.9 Å². The van der Waals surface area contributed by atoms with Crippen LogP contribution >= 0.6 is 0 Å². The van der Waals surface area contributed by atoms with Crippen molar-refractivity contribution in [3.8, 4) is 0 Å². The van der Waals surface area contributed by atoms with Crippen LogP contribution in [0.5, 0.6) is 0 Å². The number of likely N-dealkylation sites (tertiary alicyclic amines) is 1. The molecule has 2 rings (SSSR count). The normalized spacial score (nSPS) is 22.0. The third kappa shape index (κ3) is 2.90. The molecule has 0 radical (unpaired) electrons. The zero-order chi connectivity index (χ0) is 11.4. The van der Waals surface area contributed by atoms with Crippen LogP contribution in [0.15, 0.2) is 12.4 Å². The van der Waals surface area contributed by atoms with Gasteiger partial charge in [0.15, 0.2) is 5.82 Å². The summed E-state index contributed by atoms with van der Waals surface area (Å²) in [6.45, 7) is 5.53. The van der Waals surface area contributed by atoms with E-state index in [0.29, 0.717) is 5.82 Å². The first kappa shape index (κ1) is 11.3. The van der Waals surface area contributed by atoms with E-state index in [0.717, 1.165) is 18.2 Å². The Labute approximate surface area is 96.0 Å². The van der Waals surface area contributed by atoms with Crippen LogP contribution in [-0.2, 0) is 6.54 Å². The van der Waals surface area contributed by atoms with E-state index >= 15 is 0 Å². The summed E-state index contributed by atoms with van der Waals surface area (Å²) < 4.78 is 0. The number of hydrogen-bond acceptors (Lipinski definition) is 5. The fourth-order valence-corrected chi connectivity index (χ4v) is 2.17. The number of hydrazine groups is 1. The fourth-order valence-electron chi connectivity index (χ4n) is 2.17. The SMILES string of the molecule is CC1CCCN(Cc2cnc(NN)cn2)C1. The highest BCUT2D eigenvalue weighted by Crippen LogP contribution is 2.16. The molecule has 1 atom stereocenters. The number of hydrogen-bond donors (Lipinski definition) is 2. The third-order valence-corrected chi connectivity index (χ3v) is 2.98. The van der Waals surface area contributed by atoms with Gasteiger partial charge in [0.2, 0.25) is 0 Å². The van der Waals surface area contributed by atoms with Crippen molar-refractivity contribution in [3.63, 3.8) is 0 Å². The highest BCUT2D eigenvalue weighted by atomic mass is 15.3. The zero-order valence-corrected chi connectivity index (χ0v) is 9.69. The molecule has 5 heteroatoms. The molecule has 0 spiro atoms. The average Bonchev–Trinajstić information content (AvgIpc) is 2.30. The molecule has 1 aromatic heterocycles. The van der Waals surface area contributed by atoms with E-state index < -0.39 is 0 Å². The Morgan fingerprint density at radius 2 is 2.38 bits per heavy atom. The Kier molecular flexibility index (Phi) is 3.69. The summed E-state index contributed by atoms with van der Waals surface area (Å²) in [6, 6.07) is 0. The van der Waals surface area contributed by atoms with Crippen molar-refractivity contribution >= 4 is 5.82 Å². The van der Waals surface area contributed by atoms with E-state index in [1.54, 1.807) is 12.4 Å². The maximum atomic E-state index is 5.24. The van der Waals surface area contributed by atoms with Crippen molar-refractivity contribution in [2.24, 2.45) is 11.8 Å². The summed E-state index contributed by atoms with van der Waals surface area (Å²) in [6.07, 6.45) is 6.09. The first-order valence-electron chi connectivity index (χ1n) is 5.78. The summed E-state index contributed by atoms with van der Waals surface area (Å²) in [5.41, 5.74) is 3.49. The molecule has 3 N–H and O–H groups in total. The molecule has 1 saturated heterocycles. The maximum Gasteiger partial charge on any atom is 0.158 e. The number of aromatic nitrogens is 2. The molecule has 0 aromatic carbocycles. The molecule has 0 amide bonds. The molecule has 5 nitrogen and oxygen atoms in total. The third-order valence-electron chi connectivity index (χ3n) is 2.98. The van der Waals surface area contributed by atoms with Crippen LogP contribution in [0.1, 0.15) is 25.5 Å². The van der Waals surface area contributed by atoms with Crippen LogP contribution in [0.25, 0.3) is 0 Å². The lowest BCUT2D eigenvalue weighted by molar-refractivity contribution is 0.174. The quantitative estimate of drug-likeness (QED) is 0.588. The van der Waals surface area contributed by atoms with Gasteiger partial charge in [-0.05, 0) is 25.3 Å².